The molecule has 0 aliphatic heterocycles. The maximum atomic E-state index is 10.1. The van der Waals surface area contributed by atoms with Gasteiger partial charge >= 0.3 is 0 Å². The van der Waals surface area contributed by atoms with Gasteiger partial charge in [-0.2, -0.15) is 0 Å². The number of aliphatic hydroxyl groups is 1. The minimum absolute atomic E-state index is 0.0926. The molecule has 70 valence electrons. The summed E-state index contributed by atoms with van der Waals surface area (Å²) in [5.74, 6) is 0.566. The van der Waals surface area contributed by atoms with E-state index in [1.165, 1.54) is 25.7 Å². The van der Waals surface area contributed by atoms with Crippen LogP contribution < -0.4 is 5.73 Å². The largest absolute Gasteiger partial charge is 0.392 e. The van der Waals surface area contributed by atoms with Crippen molar-refractivity contribution >= 4 is 0 Å². The molecule has 1 atom stereocenters. The van der Waals surface area contributed by atoms with E-state index in [0.717, 1.165) is 12.8 Å². The Morgan fingerprint density at radius 1 is 1.33 bits per heavy atom. The van der Waals surface area contributed by atoms with E-state index in [2.05, 4.69) is 0 Å². The molecule has 2 saturated carbocycles. The van der Waals surface area contributed by atoms with Crippen LogP contribution in [0.25, 0.3) is 0 Å². The van der Waals surface area contributed by atoms with Gasteiger partial charge in [-0.05, 0) is 31.6 Å². The van der Waals surface area contributed by atoms with Crippen LogP contribution in [0.3, 0.4) is 0 Å². The first-order valence-corrected chi connectivity index (χ1v) is 5.17. The molecule has 0 aromatic rings. The van der Waals surface area contributed by atoms with Crippen LogP contribution >= 0.6 is 0 Å². The molecule has 2 aliphatic carbocycles. The molecular formula is C10H19NO. The zero-order valence-corrected chi connectivity index (χ0v) is 7.63. The molecular weight excluding hydrogens is 150 g/mol. The first-order chi connectivity index (χ1) is 5.78. The second kappa shape index (κ2) is 3.00. The van der Waals surface area contributed by atoms with Crippen molar-refractivity contribution < 1.29 is 5.11 Å². The normalized spacial score (nSPS) is 30.5. The summed E-state index contributed by atoms with van der Waals surface area (Å²) in [5.41, 5.74) is 5.83. The fourth-order valence-corrected chi connectivity index (χ4v) is 2.55. The lowest BCUT2D eigenvalue weighted by atomic mass is 9.87. The van der Waals surface area contributed by atoms with Gasteiger partial charge < -0.3 is 10.8 Å². The number of nitrogens with two attached hydrogens (primary N) is 1. The van der Waals surface area contributed by atoms with Crippen molar-refractivity contribution in [1.29, 1.82) is 0 Å². The van der Waals surface area contributed by atoms with E-state index in [1.807, 2.05) is 0 Å². The third kappa shape index (κ3) is 1.27. The molecule has 2 nitrogen and oxygen atoms in total. The van der Waals surface area contributed by atoms with E-state index < -0.39 is 0 Å². The summed E-state index contributed by atoms with van der Waals surface area (Å²) in [6.45, 7) is 0.685. The van der Waals surface area contributed by atoms with Gasteiger partial charge in [0.2, 0.25) is 0 Å². The van der Waals surface area contributed by atoms with Gasteiger partial charge in [0, 0.05) is 12.0 Å². The summed E-state index contributed by atoms with van der Waals surface area (Å²) < 4.78 is 0. The van der Waals surface area contributed by atoms with E-state index in [0.29, 0.717) is 12.5 Å². The first-order valence-electron chi connectivity index (χ1n) is 5.17. The van der Waals surface area contributed by atoms with Crippen molar-refractivity contribution in [2.75, 3.05) is 6.54 Å². The van der Waals surface area contributed by atoms with Crippen molar-refractivity contribution in [3.8, 4) is 0 Å². The molecule has 2 rings (SSSR count). The topological polar surface area (TPSA) is 46.2 Å². The SMILES string of the molecule is NCC1([C@H](O)C2CCCC2)CC1. The number of rotatable bonds is 3. The summed E-state index contributed by atoms with van der Waals surface area (Å²) in [6, 6.07) is 0. The van der Waals surface area contributed by atoms with E-state index >= 15 is 0 Å². The molecule has 0 saturated heterocycles. The Hall–Kier alpha value is -0.0800. The Bertz CT molecular complexity index is 159. The van der Waals surface area contributed by atoms with Crippen LogP contribution in [0, 0.1) is 11.3 Å². The van der Waals surface area contributed by atoms with Crippen LogP contribution in [0.5, 0.6) is 0 Å². The molecule has 2 heteroatoms. The van der Waals surface area contributed by atoms with Crippen LogP contribution in [0.4, 0.5) is 0 Å². The van der Waals surface area contributed by atoms with Gasteiger partial charge in [-0.3, -0.25) is 0 Å². The third-order valence-electron chi connectivity index (χ3n) is 3.77. The Balaban J connectivity index is 1.94. The molecule has 2 aliphatic rings. The molecule has 3 N–H and O–H groups in total. The van der Waals surface area contributed by atoms with Crippen LogP contribution in [-0.4, -0.2) is 17.8 Å². The van der Waals surface area contributed by atoms with Crippen LogP contribution in [0.2, 0.25) is 0 Å². The van der Waals surface area contributed by atoms with Gasteiger partial charge in [0.1, 0.15) is 0 Å². The second-order valence-corrected chi connectivity index (χ2v) is 4.56. The smallest absolute Gasteiger partial charge is 0.0636 e. The molecule has 0 amide bonds. The lowest BCUT2D eigenvalue weighted by Crippen LogP contribution is -2.34. The molecule has 0 heterocycles. The molecule has 0 bridgehead atoms. The van der Waals surface area contributed by atoms with E-state index in [1.54, 1.807) is 0 Å². The van der Waals surface area contributed by atoms with E-state index in [-0.39, 0.29) is 11.5 Å². The maximum absolute atomic E-state index is 10.1. The highest BCUT2D eigenvalue weighted by Crippen LogP contribution is 2.52. The minimum Gasteiger partial charge on any atom is -0.392 e. The van der Waals surface area contributed by atoms with Gasteiger partial charge in [0.05, 0.1) is 6.10 Å². The summed E-state index contributed by atoms with van der Waals surface area (Å²) in [4.78, 5) is 0. The molecule has 0 unspecified atom stereocenters. The molecule has 0 radical (unpaired) electrons. The maximum Gasteiger partial charge on any atom is 0.0636 e. The fraction of sp³-hybridized carbons (Fsp3) is 1.00. The van der Waals surface area contributed by atoms with Gasteiger partial charge in [0.15, 0.2) is 0 Å². The van der Waals surface area contributed by atoms with E-state index in [4.69, 9.17) is 5.73 Å². The predicted molar refractivity (Wildman–Crippen MR) is 48.7 cm³/mol. The van der Waals surface area contributed by atoms with Gasteiger partial charge in [0.25, 0.3) is 0 Å². The zero-order chi connectivity index (χ0) is 8.60. The van der Waals surface area contributed by atoms with Gasteiger partial charge in [-0.15, -0.1) is 0 Å². The molecule has 12 heavy (non-hydrogen) atoms. The average Bonchev–Trinajstić information content (AvgIpc) is 2.71. The van der Waals surface area contributed by atoms with Crippen molar-refractivity contribution in [2.24, 2.45) is 17.1 Å². The van der Waals surface area contributed by atoms with Crippen molar-refractivity contribution in [3.63, 3.8) is 0 Å². The van der Waals surface area contributed by atoms with Gasteiger partial charge in [-0.1, -0.05) is 12.8 Å². The third-order valence-corrected chi connectivity index (χ3v) is 3.77. The fourth-order valence-electron chi connectivity index (χ4n) is 2.55. The van der Waals surface area contributed by atoms with Crippen LogP contribution in [0.1, 0.15) is 38.5 Å². The summed E-state index contributed by atoms with van der Waals surface area (Å²) in [5, 5.41) is 10.1. The Morgan fingerprint density at radius 3 is 2.33 bits per heavy atom. The second-order valence-electron chi connectivity index (χ2n) is 4.56. The predicted octanol–water partition coefficient (Wildman–Crippen LogP) is 1.28. The van der Waals surface area contributed by atoms with E-state index in [9.17, 15) is 5.11 Å². The summed E-state index contributed by atoms with van der Waals surface area (Å²) in [6.07, 6.45) is 7.28. The van der Waals surface area contributed by atoms with Crippen molar-refractivity contribution in [1.82, 2.24) is 0 Å². The average molecular weight is 169 g/mol. The monoisotopic (exact) mass is 169 g/mol. The minimum atomic E-state index is -0.0926. The highest BCUT2D eigenvalue weighted by molar-refractivity contribution is 5.02. The quantitative estimate of drug-likeness (QED) is 0.668. The Morgan fingerprint density at radius 2 is 1.92 bits per heavy atom. The number of hydrogen-bond donors (Lipinski definition) is 2. The molecule has 2 fully saturated rings. The van der Waals surface area contributed by atoms with Gasteiger partial charge in [-0.25, -0.2) is 0 Å². The van der Waals surface area contributed by atoms with Crippen molar-refractivity contribution in [3.05, 3.63) is 0 Å². The van der Waals surface area contributed by atoms with Crippen molar-refractivity contribution in [2.45, 2.75) is 44.6 Å². The highest BCUT2D eigenvalue weighted by Gasteiger charge is 2.50. The molecule has 0 aromatic carbocycles. The molecule has 0 aromatic heterocycles. The Labute approximate surface area is 74.1 Å². The standard InChI is InChI=1S/C10H19NO/c11-7-10(5-6-10)9(12)8-3-1-2-4-8/h8-9,12H,1-7,11H2/t9-/m1/s1. The Kier molecular flexibility index (Phi) is 2.13. The lowest BCUT2D eigenvalue weighted by molar-refractivity contribution is 0.0430. The number of aliphatic hydroxyl groups excluding tert-OH is 1. The summed E-state index contributed by atoms with van der Waals surface area (Å²) >= 11 is 0. The highest BCUT2D eigenvalue weighted by atomic mass is 16.3. The lowest BCUT2D eigenvalue weighted by Gasteiger charge is -2.25. The zero-order valence-electron chi connectivity index (χ0n) is 7.63. The van der Waals surface area contributed by atoms with Crippen LogP contribution in [0.15, 0.2) is 0 Å². The first kappa shape index (κ1) is 8.52. The summed E-state index contributed by atoms with van der Waals surface area (Å²) in [7, 11) is 0. The molecule has 0 spiro atoms. The number of hydrogen-bond acceptors (Lipinski definition) is 2. The van der Waals surface area contributed by atoms with Crippen LogP contribution in [-0.2, 0) is 0 Å².